The minimum Gasteiger partial charge on any atom is -0.493 e. The van der Waals surface area contributed by atoms with Crippen LogP contribution < -0.4 is 14.2 Å². The SMILES string of the molecule is COc1ccc(S(=O)(=O)N2CCN(C(=O)C(C)Oc3ccc(Cl)cc3)CC2)cc1OC. The van der Waals surface area contributed by atoms with E-state index in [1.54, 1.807) is 42.2 Å². The van der Waals surface area contributed by atoms with E-state index in [0.29, 0.717) is 22.3 Å². The van der Waals surface area contributed by atoms with Crippen molar-refractivity contribution in [3.8, 4) is 17.2 Å². The Morgan fingerprint density at radius 2 is 1.58 bits per heavy atom. The molecule has 8 nitrogen and oxygen atoms in total. The number of piperazine rings is 1. The second kappa shape index (κ2) is 9.76. The molecule has 0 N–H and O–H groups in total. The molecule has 1 atom stereocenters. The molecule has 1 fully saturated rings. The first-order valence-corrected chi connectivity index (χ1v) is 11.5. The molecule has 0 bridgehead atoms. The van der Waals surface area contributed by atoms with Crippen LogP contribution in [0.4, 0.5) is 0 Å². The Kier molecular flexibility index (Phi) is 7.30. The number of hydrogen-bond donors (Lipinski definition) is 0. The fourth-order valence-electron chi connectivity index (χ4n) is 3.30. The summed E-state index contributed by atoms with van der Waals surface area (Å²) in [5.41, 5.74) is 0. The van der Waals surface area contributed by atoms with Crippen LogP contribution in [0.5, 0.6) is 17.2 Å². The molecule has 10 heteroatoms. The summed E-state index contributed by atoms with van der Waals surface area (Å²) in [6.45, 7) is 2.61. The van der Waals surface area contributed by atoms with E-state index in [0.717, 1.165) is 0 Å². The number of nitrogens with zero attached hydrogens (tertiary/aromatic N) is 2. The van der Waals surface area contributed by atoms with Crippen molar-refractivity contribution in [1.82, 2.24) is 9.21 Å². The highest BCUT2D eigenvalue weighted by Crippen LogP contribution is 2.31. The summed E-state index contributed by atoms with van der Waals surface area (Å²) in [5, 5.41) is 0.582. The number of sulfonamides is 1. The number of benzene rings is 2. The van der Waals surface area contributed by atoms with Crippen LogP contribution in [0.15, 0.2) is 47.4 Å². The van der Waals surface area contributed by atoms with Crippen LogP contribution in [-0.4, -0.2) is 70.0 Å². The van der Waals surface area contributed by atoms with E-state index in [-0.39, 0.29) is 37.0 Å². The number of rotatable bonds is 7. The molecule has 1 saturated heterocycles. The van der Waals surface area contributed by atoms with Crippen LogP contribution in [0, 0.1) is 0 Å². The minimum absolute atomic E-state index is 0.115. The third-order valence-electron chi connectivity index (χ3n) is 5.02. The van der Waals surface area contributed by atoms with Gasteiger partial charge in [0.2, 0.25) is 10.0 Å². The summed E-state index contributed by atoms with van der Waals surface area (Å²) >= 11 is 5.86. The van der Waals surface area contributed by atoms with Crippen LogP contribution in [0.3, 0.4) is 0 Å². The van der Waals surface area contributed by atoms with Gasteiger partial charge in [-0.2, -0.15) is 4.31 Å². The molecule has 3 rings (SSSR count). The summed E-state index contributed by atoms with van der Waals surface area (Å²) < 4.78 is 43.5. The number of ether oxygens (including phenoxy) is 3. The number of halogens is 1. The monoisotopic (exact) mass is 468 g/mol. The molecule has 0 radical (unpaired) electrons. The Balaban J connectivity index is 1.62. The molecule has 1 aliphatic heterocycles. The van der Waals surface area contributed by atoms with Crippen LogP contribution in [0.1, 0.15) is 6.92 Å². The Labute approximate surface area is 187 Å². The van der Waals surface area contributed by atoms with E-state index in [4.69, 9.17) is 25.8 Å². The van der Waals surface area contributed by atoms with Crippen LogP contribution in [0.2, 0.25) is 5.02 Å². The quantitative estimate of drug-likeness (QED) is 0.621. The Morgan fingerprint density at radius 3 is 2.16 bits per heavy atom. The van der Waals surface area contributed by atoms with Crippen molar-refractivity contribution < 1.29 is 27.4 Å². The first kappa shape index (κ1) is 23.2. The first-order valence-electron chi connectivity index (χ1n) is 9.69. The van der Waals surface area contributed by atoms with Gasteiger partial charge < -0.3 is 19.1 Å². The van der Waals surface area contributed by atoms with Gasteiger partial charge in [0.1, 0.15) is 5.75 Å². The van der Waals surface area contributed by atoms with Crippen molar-refractivity contribution in [3.63, 3.8) is 0 Å². The van der Waals surface area contributed by atoms with E-state index >= 15 is 0 Å². The molecule has 31 heavy (non-hydrogen) atoms. The summed E-state index contributed by atoms with van der Waals surface area (Å²) in [6.07, 6.45) is -0.699. The van der Waals surface area contributed by atoms with Crippen LogP contribution in [0.25, 0.3) is 0 Å². The average Bonchev–Trinajstić information content (AvgIpc) is 2.79. The Bertz CT molecular complexity index is 1020. The summed E-state index contributed by atoms with van der Waals surface area (Å²) in [6, 6.07) is 11.2. The number of carbonyl (C=O) groups is 1. The van der Waals surface area contributed by atoms with Gasteiger partial charge in [0.25, 0.3) is 5.91 Å². The molecular weight excluding hydrogens is 444 g/mol. The normalized spacial score (nSPS) is 15.9. The number of methoxy groups -OCH3 is 2. The highest BCUT2D eigenvalue weighted by Gasteiger charge is 2.32. The second-order valence-electron chi connectivity index (χ2n) is 6.96. The fraction of sp³-hybridized carbons (Fsp3) is 0.381. The molecular formula is C21H25ClN2O6S. The lowest BCUT2D eigenvalue weighted by Crippen LogP contribution is -2.53. The molecule has 0 aromatic heterocycles. The van der Waals surface area contributed by atoms with Gasteiger partial charge in [0.15, 0.2) is 17.6 Å². The predicted octanol–water partition coefficient (Wildman–Crippen LogP) is 2.66. The summed E-state index contributed by atoms with van der Waals surface area (Å²) in [7, 11) is -0.789. The molecule has 0 saturated carbocycles. The molecule has 1 amide bonds. The highest BCUT2D eigenvalue weighted by atomic mass is 35.5. The van der Waals surface area contributed by atoms with Crippen molar-refractivity contribution in [1.29, 1.82) is 0 Å². The van der Waals surface area contributed by atoms with Crippen LogP contribution in [-0.2, 0) is 14.8 Å². The lowest BCUT2D eigenvalue weighted by atomic mass is 10.2. The second-order valence-corrected chi connectivity index (χ2v) is 9.33. The zero-order valence-electron chi connectivity index (χ0n) is 17.6. The van der Waals surface area contributed by atoms with E-state index in [1.165, 1.54) is 30.7 Å². The molecule has 2 aromatic rings. The summed E-state index contributed by atoms with van der Waals surface area (Å²) in [5.74, 6) is 1.13. The van der Waals surface area contributed by atoms with Gasteiger partial charge in [-0.3, -0.25) is 4.79 Å². The number of carbonyl (C=O) groups excluding carboxylic acids is 1. The first-order chi connectivity index (χ1) is 14.8. The Hall–Kier alpha value is -2.49. The predicted molar refractivity (Wildman–Crippen MR) is 116 cm³/mol. The van der Waals surface area contributed by atoms with Gasteiger partial charge in [-0.25, -0.2) is 8.42 Å². The maximum atomic E-state index is 13.0. The standard InChI is InChI=1S/C21H25ClN2O6S/c1-15(30-17-6-4-16(22)5-7-17)21(25)23-10-12-24(13-11-23)31(26,27)18-8-9-19(28-2)20(14-18)29-3/h4-9,14-15H,10-13H2,1-3H3. The van der Waals surface area contributed by atoms with Crippen LogP contribution >= 0.6 is 11.6 Å². The van der Waals surface area contributed by atoms with Crippen molar-refractivity contribution in [2.45, 2.75) is 17.9 Å². The largest absolute Gasteiger partial charge is 0.493 e. The van der Waals surface area contributed by atoms with E-state index in [2.05, 4.69) is 0 Å². The van der Waals surface area contributed by atoms with Gasteiger partial charge >= 0.3 is 0 Å². The van der Waals surface area contributed by atoms with Gasteiger partial charge in [-0.1, -0.05) is 11.6 Å². The zero-order chi connectivity index (χ0) is 22.6. The van der Waals surface area contributed by atoms with Gasteiger partial charge in [-0.05, 0) is 43.3 Å². The van der Waals surface area contributed by atoms with Crippen molar-refractivity contribution in [3.05, 3.63) is 47.5 Å². The lowest BCUT2D eigenvalue weighted by molar-refractivity contribution is -0.139. The maximum Gasteiger partial charge on any atom is 0.263 e. The average molecular weight is 469 g/mol. The Morgan fingerprint density at radius 1 is 0.968 bits per heavy atom. The molecule has 168 valence electrons. The van der Waals surface area contributed by atoms with E-state index < -0.39 is 16.1 Å². The molecule has 0 aliphatic carbocycles. The van der Waals surface area contributed by atoms with E-state index in [9.17, 15) is 13.2 Å². The number of hydrogen-bond acceptors (Lipinski definition) is 6. The van der Waals surface area contributed by atoms with Crippen molar-refractivity contribution in [2.24, 2.45) is 0 Å². The maximum absolute atomic E-state index is 13.0. The van der Waals surface area contributed by atoms with Gasteiger partial charge in [-0.15, -0.1) is 0 Å². The molecule has 0 spiro atoms. The minimum atomic E-state index is -3.73. The highest BCUT2D eigenvalue weighted by molar-refractivity contribution is 7.89. The molecule has 2 aromatic carbocycles. The van der Waals surface area contributed by atoms with Crippen molar-refractivity contribution in [2.75, 3.05) is 40.4 Å². The third-order valence-corrected chi connectivity index (χ3v) is 7.16. The third kappa shape index (κ3) is 5.23. The molecule has 1 heterocycles. The topological polar surface area (TPSA) is 85.4 Å². The van der Waals surface area contributed by atoms with Gasteiger partial charge in [0.05, 0.1) is 19.1 Å². The zero-order valence-corrected chi connectivity index (χ0v) is 19.1. The smallest absolute Gasteiger partial charge is 0.263 e. The van der Waals surface area contributed by atoms with E-state index in [1.807, 2.05) is 0 Å². The molecule has 1 unspecified atom stereocenters. The lowest BCUT2D eigenvalue weighted by Gasteiger charge is -2.35. The van der Waals surface area contributed by atoms with Crippen molar-refractivity contribution >= 4 is 27.5 Å². The molecule has 1 aliphatic rings. The summed E-state index contributed by atoms with van der Waals surface area (Å²) in [4.78, 5) is 14.5. The number of amides is 1. The van der Waals surface area contributed by atoms with Gasteiger partial charge in [0, 0.05) is 37.3 Å². The fourth-order valence-corrected chi connectivity index (χ4v) is 4.86.